The molecule has 190 valence electrons. The Balaban J connectivity index is 1.72. The smallest absolute Gasteiger partial charge is 0.329 e. The van der Waals surface area contributed by atoms with E-state index in [2.05, 4.69) is 5.32 Å². The monoisotopic (exact) mass is 489 g/mol. The Bertz CT molecular complexity index is 1180. The highest BCUT2D eigenvalue weighted by Crippen LogP contribution is 2.19. The number of nitrogen functional groups attached to an aromatic ring is 2. The van der Waals surface area contributed by atoms with Crippen LogP contribution in [0.2, 0.25) is 0 Å². The summed E-state index contributed by atoms with van der Waals surface area (Å²) in [6.45, 7) is 5.39. The fourth-order valence-electron chi connectivity index (χ4n) is 3.76. The van der Waals surface area contributed by atoms with Crippen LogP contribution in [-0.4, -0.2) is 28.6 Å². The average Bonchev–Trinajstić information content (AvgIpc) is 2.82. The van der Waals surface area contributed by atoms with Gasteiger partial charge in [-0.1, -0.05) is 24.3 Å². The van der Waals surface area contributed by atoms with E-state index in [1.54, 1.807) is 51.1 Å². The third-order valence-corrected chi connectivity index (χ3v) is 5.72. The minimum atomic E-state index is -0.813. The molecule has 0 unspecified atom stereocenters. The lowest BCUT2D eigenvalue weighted by Crippen LogP contribution is -2.44. The third-order valence-electron chi connectivity index (χ3n) is 5.72. The SMILES string of the molecule is CC(C)(C)OC(=O)[C@H](CCc1ccc(N)cc1)NC(=O)c1ccc(N)c(CCc2ccc(O)cc2)c1. The first kappa shape index (κ1) is 26.6. The van der Waals surface area contributed by atoms with Crippen molar-refractivity contribution in [1.29, 1.82) is 0 Å². The van der Waals surface area contributed by atoms with Crippen LogP contribution < -0.4 is 16.8 Å². The van der Waals surface area contributed by atoms with Crippen molar-refractivity contribution in [2.24, 2.45) is 0 Å². The van der Waals surface area contributed by atoms with Gasteiger partial charge in [0.2, 0.25) is 0 Å². The molecule has 0 aliphatic carbocycles. The van der Waals surface area contributed by atoms with Crippen LogP contribution >= 0.6 is 0 Å². The molecular weight excluding hydrogens is 454 g/mol. The molecule has 0 spiro atoms. The fraction of sp³-hybridized carbons (Fsp3) is 0.310. The van der Waals surface area contributed by atoms with Gasteiger partial charge in [-0.05, 0) is 106 Å². The lowest BCUT2D eigenvalue weighted by molar-refractivity contribution is -0.157. The van der Waals surface area contributed by atoms with Crippen LogP contribution in [0.1, 0.15) is 54.2 Å². The van der Waals surface area contributed by atoms with Gasteiger partial charge in [-0.2, -0.15) is 0 Å². The molecule has 1 atom stereocenters. The average molecular weight is 490 g/mol. The quantitative estimate of drug-likeness (QED) is 0.260. The Labute approximate surface area is 212 Å². The van der Waals surface area contributed by atoms with Crippen LogP contribution in [0.25, 0.3) is 0 Å². The Morgan fingerprint density at radius 2 is 1.50 bits per heavy atom. The standard InChI is InChI=1S/C29H35N3O4/c1-29(2,3)36-28(35)26(17-9-20-5-12-23(30)13-6-20)32-27(34)22-11-16-25(31)21(18-22)10-4-19-7-14-24(33)15-8-19/h5-8,11-16,18,26,33H,4,9-10,17,30-31H2,1-3H3,(H,32,34)/t26-/m0/s1. The van der Waals surface area contributed by atoms with Gasteiger partial charge in [-0.3, -0.25) is 4.79 Å². The van der Waals surface area contributed by atoms with Crippen LogP contribution in [0, 0.1) is 0 Å². The molecular formula is C29H35N3O4. The summed E-state index contributed by atoms with van der Waals surface area (Å²) in [7, 11) is 0. The van der Waals surface area contributed by atoms with Crippen molar-refractivity contribution in [2.75, 3.05) is 11.5 Å². The minimum Gasteiger partial charge on any atom is -0.508 e. The van der Waals surface area contributed by atoms with Crippen molar-refractivity contribution in [3.63, 3.8) is 0 Å². The molecule has 0 aliphatic heterocycles. The van der Waals surface area contributed by atoms with Crippen molar-refractivity contribution in [3.8, 4) is 5.75 Å². The second-order valence-corrected chi connectivity index (χ2v) is 9.92. The zero-order valence-corrected chi connectivity index (χ0v) is 21.1. The molecule has 0 bridgehead atoms. The summed E-state index contributed by atoms with van der Waals surface area (Å²) in [6.07, 6.45) is 2.29. The summed E-state index contributed by atoms with van der Waals surface area (Å²) >= 11 is 0. The number of anilines is 2. The van der Waals surface area contributed by atoms with Crippen LogP contribution in [0.15, 0.2) is 66.7 Å². The maximum Gasteiger partial charge on any atom is 0.329 e. The normalized spacial score (nSPS) is 12.1. The van der Waals surface area contributed by atoms with Crippen molar-refractivity contribution >= 4 is 23.3 Å². The lowest BCUT2D eigenvalue weighted by Gasteiger charge is -2.25. The van der Waals surface area contributed by atoms with Crippen LogP contribution in [0.3, 0.4) is 0 Å². The number of carbonyl (C=O) groups excluding carboxylic acids is 2. The number of esters is 1. The number of phenolic OH excluding ortho intramolecular Hbond substituents is 1. The molecule has 0 fully saturated rings. The summed E-state index contributed by atoms with van der Waals surface area (Å²) in [4.78, 5) is 26.1. The number of phenols is 1. The number of rotatable bonds is 9. The van der Waals surface area contributed by atoms with Crippen molar-refractivity contribution < 1.29 is 19.4 Å². The van der Waals surface area contributed by atoms with E-state index in [0.717, 1.165) is 16.7 Å². The van der Waals surface area contributed by atoms with Crippen LogP contribution in [-0.2, 0) is 28.8 Å². The number of amides is 1. The van der Waals surface area contributed by atoms with Gasteiger partial charge in [-0.15, -0.1) is 0 Å². The molecule has 0 saturated carbocycles. The molecule has 7 heteroatoms. The number of ether oxygens (including phenoxy) is 1. The first-order valence-electron chi connectivity index (χ1n) is 12.0. The number of nitrogens with one attached hydrogen (secondary N) is 1. The molecule has 36 heavy (non-hydrogen) atoms. The number of carbonyl (C=O) groups is 2. The summed E-state index contributed by atoms with van der Waals surface area (Å²) < 4.78 is 5.57. The molecule has 7 nitrogen and oxygen atoms in total. The molecule has 3 aromatic carbocycles. The Hall–Kier alpha value is -4.00. The molecule has 6 N–H and O–H groups in total. The van der Waals surface area contributed by atoms with Crippen LogP contribution in [0.5, 0.6) is 5.75 Å². The van der Waals surface area contributed by atoms with E-state index in [9.17, 15) is 14.7 Å². The van der Waals surface area contributed by atoms with Crippen molar-refractivity contribution in [3.05, 3.63) is 89.0 Å². The first-order chi connectivity index (χ1) is 17.0. The number of nitrogens with two attached hydrogens (primary N) is 2. The Kier molecular flexibility index (Phi) is 8.59. The Morgan fingerprint density at radius 1 is 0.889 bits per heavy atom. The molecule has 0 aromatic heterocycles. The number of hydrogen-bond acceptors (Lipinski definition) is 6. The summed E-state index contributed by atoms with van der Waals surface area (Å²) in [5.74, 6) is -0.629. The number of aromatic hydroxyl groups is 1. The topological polar surface area (TPSA) is 128 Å². The largest absolute Gasteiger partial charge is 0.508 e. The zero-order chi connectivity index (χ0) is 26.3. The highest BCUT2D eigenvalue weighted by molar-refractivity contribution is 5.97. The van der Waals surface area contributed by atoms with Gasteiger partial charge in [0.25, 0.3) is 5.91 Å². The van der Waals surface area contributed by atoms with E-state index in [0.29, 0.717) is 42.6 Å². The van der Waals surface area contributed by atoms with E-state index in [4.69, 9.17) is 16.2 Å². The third kappa shape index (κ3) is 8.05. The van der Waals surface area contributed by atoms with Gasteiger partial charge in [-0.25, -0.2) is 4.79 Å². The van der Waals surface area contributed by atoms with Gasteiger partial charge >= 0.3 is 5.97 Å². The lowest BCUT2D eigenvalue weighted by atomic mass is 10.00. The van der Waals surface area contributed by atoms with Gasteiger partial charge in [0.05, 0.1) is 0 Å². The van der Waals surface area contributed by atoms with E-state index in [1.807, 2.05) is 36.4 Å². The predicted octanol–water partition coefficient (Wildman–Crippen LogP) is 4.41. The maximum absolute atomic E-state index is 13.2. The molecule has 3 rings (SSSR count). The van der Waals surface area contributed by atoms with Crippen molar-refractivity contribution in [2.45, 2.75) is 58.1 Å². The molecule has 1 amide bonds. The second kappa shape index (κ2) is 11.6. The fourth-order valence-corrected chi connectivity index (χ4v) is 3.76. The second-order valence-electron chi connectivity index (χ2n) is 9.92. The molecule has 0 radical (unpaired) electrons. The summed E-state index contributed by atoms with van der Waals surface area (Å²) in [6, 6.07) is 18.7. The van der Waals surface area contributed by atoms with E-state index < -0.39 is 17.6 Å². The van der Waals surface area contributed by atoms with E-state index in [-0.39, 0.29) is 11.7 Å². The van der Waals surface area contributed by atoms with Crippen LogP contribution in [0.4, 0.5) is 11.4 Å². The predicted molar refractivity (Wildman–Crippen MR) is 143 cm³/mol. The van der Waals surface area contributed by atoms with E-state index in [1.165, 1.54) is 0 Å². The number of hydrogen-bond donors (Lipinski definition) is 4. The maximum atomic E-state index is 13.2. The molecule has 0 heterocycles. The summed E-state index contributed by atoms with van der Waals surface area (Å²) in [5, 5.41) is 12.3. The van der Waals surface area contributed by atoms with Gasteiger partial charge in [0, 0.05) is 16.9 Å². The van der Waals surface area contributed by atoms with Gasteiger partial charge < -0.3 is 26.6 Å². The van der Waals surface area contributed by atoms with E-state index >= 15 is 0 Å². The van der Waals surface area contributed by atoms with Gasteiger partial charge in [0.1, 0.15) is 17.4 Å². The molecule has 0 aliphatic rings. The molecule has 0 saturated heterocycles. The molecule has 3 aromatic rings. The number of benzene rings is 3. The summed E-state index contributed by atoms with van der Waals surface area (Å²) in [5.41, 5.74) is 15.8. The highest BCUT2D eigenvalue weighted by Gasteiger charge is 2.27. The van der Waals surface area contributed by atoms with Gasteiger partial charge in [0.15, 0.2) is 0 Å². The zero-order valence-electron chi connectivity index (χ0n) is 21.1. The first-order valence-corrected chi connectivity index (χ1v) is 12.0. The highest BCUT2D eigenvalue weighted by atomic mass is 16.6. The van der Waals surface area contributed by atoms with Crippen molar-refractivity contribution in [1.82, 2.24) is 5.32 Å². The number of aryl methyl sites for hydroxylation is 3. The Morgan fingerprint density at radius 3 is 2.14 bits per heavy atom. The minimum absolute atomic E-state index is 0.216.